The van der Waals surface area contributed by atoms with E-state index in [0.29, 0.717) is 41.9 Å². The van der Waals surface area contributed by atoms with Gasteiger partial charge in [0.2, 0.25) is 17.7 Å². The summed E-state index contributed by atoms with van der Waals surface area (Å²) in [6.07, 6.45) is 10.2. The van der Waals surface area contributed by atoms with Gasteiger partial charge in [0.15, 0.2) is 17.1 Å². The summed E-state index contributed by atoms with van der Waals surface area (Å²) in [4.78, 5) is 80.9. The van der Waals surface area contributed by atoms with Crippen LogP contribution < -0.4 is 20.1 Å². The molecule has 6 rings (SSSR count). The fraction of sp³-hybridized carbons (Fsp3) is 0.564. The fourth-order valence-corrected chi connectivity index (χ4v) is 7.81. The number of pyridine rings is 2. The summed E-state index contributed by atoms with van der Waals surface area (Å²) >= 11 is 0. The topological polar surface area (TPSA) is 175 Å². The van der Waals surface area contributed by atoms with Gasteiger partial charge in [-0.25, -0.2) is 19.6 Å². The zero-order valence-electron chi connectivity index (χ0n) is 31.3. The van der Waals surface area contributed by atoms with Gasteiger partial charge < -0.3 is 34.5 Å². The number of methoxy groups -OCH3 is 1. The lowest BCUT2D eigenvalue weighted by Crippen LogP contribution is -2.61. The van der Waals surface area contributed by atoms with Crippen LogP contribution in [-0.2, 0) is 23.9 Å². The molecular formula is C39H49N5O9. The van der Waals surface area contributed by atoms with Gasteiger partial charge in [-0.05, 0) is 66.4 Å². The molecule has 0 radical (unpaired) electrons. The van der Waals surface area contributed by atoms with E-state index in [0.717, 1.165) is 19.3 Å². The summed E-state index contributed by atoms with van der Waals surface area (Å²) in [6.45, 7) is 8.58. The Balaban J connectivity index is 1.42. The van der Waals surface area contributed by atoms with E-state index in [4.69, 9.17) is 18.9 Å². The molecule has 14 heteroatoms. The van der Waals surface area contributed by atoms with Crippen molar-refractivity contribution in [3.63, 3.8) is 0 Å². The van der Waals surface area contributed by atoms with Crippen molar-refractivity contribution >= 4 is 40.7 Å². The number of hydrogen-bond donors (Lipinski definition) is 2. The number of nitrogens with one attached hydrogen (secondary N) is 2. The Morgan fingerprint density at radius 2 is 1.91 bits per heavy atom. The molecule has 5 atom stereocenters. The number of carbonyl (C=O) groups is 5. The van der Waals surface area contributed by atoms with E-state index in [1.807, 2.05) is 18.2 Å². The lowest BCUT2D eigenvalue weighted by atomic mass is 9.84. The quantitative estimate of drug-likeness (QED) is 0.331. The molecular weight excluding hydrogens is 682 g/mol. The number of alkyl carbamates (subject to hydrolysis) is 1. The highest BCUT2D eigenvalue weighted by Crippen LogP contribution is 2.45. The van der Waals surface area contributed by atoms with Crippen LogP contribution in [0.4, 0.5) is 4.79 Å². The number of fused-ring (bicyclic) bond motifs is 5. The molecule has 5 heterocycles. The Bertz CT molecular complexity index is 1870. The number of nitrogens with zero attached hydrogens (tertiary/aromatic N) is 3. The summed E-state index contributed by atoms with van der Waals surface area (Å²) in [7, 11) is 1.48. The smallest absolute Gasteiger partial charge is 0.408 e. The van der Waals surface area contributed by atoms with Crippen molar-refractivity contribution in [2.24, 2.45) is 5.92 Å². The molecule has 1 saturated heterocycles. The Hall–Kier alpha value is -5.01. The van der Waals surface area contributed by atoms with Crippen LogP contribution in [0.25, 0.3) is 11.0 Å². The molecule has 0 saturated carbocycles. The molecule has 53 heavy (non-hydrogen) atoms. The number of ether oxygens (including phenoxy) is 4. The van der Waals surface area contributed by atoms with Gasteiger partial charge in [0.05, 0.1) is 43.5 Å². The third-order valence-corrected chi connectivity index (χ3v) is 10.2. The van der Waals surface area contributed by atoms with Gasteiger partial charge in [-0.1, -0.05) is 37.1 Å². The highest BCUT2D eigenvalue weighted by atomic mass is 16.6. The zero-order valence-corrected chi connectivity index (χ0v) is 31.3. The molecule has 0 aromatic carbocycles. The van der Waals surface area contributed by atoms with Crippen molar-refractivity contribution in [2.45, 2.75) is 115 Å². The van der Waals surface area contributed by atoms with Crippen LogP contribution in [0.2, 0.25) is 0 Å². The standard InChI is InChI=1S/C39H49N5O9/c1-7-51-35(48)39-19-13-15-24(39)14-11-9-8-10-12-16-26(41-36(49)53-37(3,4)5)34(47)44-22-38(20-27(44)33(46)43-39)21-28(45)30-31-25(17-18-29(42-31)50-6)40-23(2)32(30)52-38/h11,13-14,17-19,24,26-27H,7-10,12,15-16,20-22H2,1-6H3,(H,41,49)(H,43,46). The van der Waals surface area contributed by atoms with Crippen LogP contribution in [0.1, 0.15) is 95.1 Å². The SMILES string of the molecule is CCOC(=O)C12C=CCC1C=CCCCCCC(NC(=O)OC(C)(C)C)C(=O)N1CC3(CC(=O)c4c(c(C)nc5ccc(OC)nc45)O3)CC1C(=O)N2. The zero-order chi connectivity index (χ0) is 38.1. The number of allylic oxidation sites excluding steroid dienone is 2. The van der Waals surface area contributed by atoms with Crippen LogP contribution in [-0.4, -0.2) is 93.6 Å². The van der Waals surface area contributed by atoms with Crippen LogP contribution in [0.3, 0.4) is 0 Å². The van der Waals surface area contributed by atoms with E-state index in [2.05, 4.69) is 20.6 Å². The van der Waals surface area contributed by atoms with E-state index < -0.39 is 58.6 Å². The van der Waals surface area contributed by atoms with Gasteiger partial charge in [-0.3, -0.25) is 14.4 Å². The number of aryl methyl sites for hydroxylation is 1. The molecule has 3 amide bonds. The highest BCUT2D eigenvalue weighted by Gasteiger charge is 2.57. The van der Waals surface area contributed by atoms with Crippen molar-refractivity contribution in [3.8, 4) is 11.6 Å². The minimum Gasteiger partial charge on any atom is -0.482 e. The first-order valence-electron chi connectivity index (χ1n) is 18.4. The maximum Gasteiger partial charge on any atom is 0.408 e. The molecule has 2 aromatic heterocycles. The molecule has 5 unspecified atom stereocenters. The lowest BCUT2D eigenvalue weighted by Gasteiger charge is -2.35. The van der Waals surface area contributed by atoms with Crippen molar-refractivity contribution in [3.05, 3.63) is 47.7 Å². The summed E-state index contributed by atoms with van der Waals surface area (Å²) in [5.74, 6) is -1.91. The van der Waals surface area contributed by atoms with Crippen LogP contribution in [0, 0.1) is 12.8 Å². The average molecular weight is 732 g/mol. The van der Waals surface area contributed by atoms with Gasteiger partial charge in [-0.15, -0.1) is 0 Å². The predicted octanol–water partition coefficient (Wildman–Crippen LogP) is 4.66. The van der Waals surface area contributed by atoms with Crippen LogP contribution >= 0.6 is 0 Å². The first-order valence-corrected chi connectivity index (χ1v) is 18.4. The summed E-state index contributed by atoms with van der Waals surface area (Å²) < 4.78 is 23.1. The molecule has 1 spiro atoms. The Kier molecular flexibility index (Phi) is 10.5. The molecule has 2 N–H and O–H groups in total. The third kappa shape index (κ3) is 7.58. The molecule has 0 bridgehead atoms. The monoisotopic (exact) mass is 731 g/mol. The normalized spacial score (nSPS) is 27.5. The number of Topliss-reactive ketones (excluding diaryl/α,β-unsaturated/α-hetero) is 1. The van der Waals surface area contributed by atoms with E-state index in [1.54, 1.807) is 52.8 Å². The lowest BCUT2D eigenvalue weighted by molar-refractivity contribution is -0.153. The van der Waals surface area contributed by atoms with Gasteiger partial charge in [-0.2, -0.15) is 0 Å². The molecule has 1 aliphatic carbocycles. The number of carbonyl (C=O) groups excluding carboxylic acids is 5. The molecule has 14 nitrogen and oxygen atoms in total. The second kappa shape index (κ2) is 14.8. The number of esters is 1. The van der Waals surface area contributed by atoms with Crippen molar-refractivity contribution < 1.29 is 42.9 Å². The number of rotatable bonds is 4. The van der Waals surface area contributed by atoms with Crippen molar-refractivity contribution in [1.29, 1.82) is 0 Å². The highest BCUT2D eigenvalue weighted by molar-refractivity contribution is 6.10. The van der Waals surface area contributed by atoms with Gasteiger partial charge >= 0.3 is 12.1 Å². The molecule has 2 aromatic rings. The summed E-state index contributed by atoms with van der Waals surface area (Å²) in [5, 5.41) is 5.75. The largest absolute Gasteiger partial charge is 0.482 e. The molecule has 284 valence electrons. The van der Waals surface area contributed by atoms with Crippen LogP contribution in [0.5, 0.6) is 11.6 Å². The van der Waals surface area contributed by atoms with E-state index in [1.165, 1.54) is 12.0 Å². The predicted molar refractivity (Wildman–Crippen MR) is 193 cm³/mol. The maximum atomic E-state index is 14.7. The van der Waals surface area contributed by atoms with E-state index >= 15 is 0 Å². The first-order chi connectivity index (χ1) is 25.2. The Morgan fingerprint density at radius 3 is 2.64 bits per heavy atom. The molecule has 3 aliphatic heterocycles. The average Bonchev–Trinajstić information content (AvgIpc) is 3.67. The minimum absolute atomic E-state index is 0.0684. The number of hydrogen-bond acceptors (Lipinski definition) is 11. The van der Waals surface area contributed by atoms with Gasteiger partial charge in [0, 0.05) is 18.4 Å². The van der Waals surface area contributed by atoms with Gasteiger partial charge in [0.1, 0.15) is 28.8 Å². The number of aromatic nitrogens is 2. The molecule has 1 fully saturated rings. The van der Waals surface area contributed by atoms with Gasteiger partial charge in [0.25, 0.3) is 0 Å². The van der Waals surface area contributed by atoms with Crippen LogP contribution in [0.15, 0.2) is 36.4 Å². The Labute approximate surface area is 309 Å². The number of ketones is 1. The summed E-state index contributed by atoms with van der Waals surface area (Å²) in [5.41, 5.74) is -2.12. The fourth-order valence-electron chi connectivity index (χ4n) is 7.81. The minimum atomic E-state index is -1.51. The van der Waals surface area contributed by atoms with E-state index in [-0.39, 0.29) is 43.1 Å². The van der Waals surface area contributed by atoms with Crippen molar-refractivity contribution in [1.82, 2.24) is 25.5 Å². The Morgan fingerprint density at radius 1 is 1.11 bits per heavy atom. The number of amides is 3. The second-order valence-corrected chi connectivity index (χ2v) is 15.3. The first kappa shape index (κ1) is 37.7. The second-order valence-electron chi connectivity index (χ2n) is 15.3. The summed E-state index contributed by atoms with van der Waals surface area (Å²) in [6, 6.07) is 1.17. The third-order valence-electron chi connectivity index (χ3n) is 10.2. The van der Waals surface area contributed by atoms with Crippen molar-refractivity contribution in [2.75, 3.05) is 20.3 Å². The maximum absolute atomic E-state index is 14.7. The van der Waals surface area contributed by atoms with E-state index in [9.17, 15) is 24.0 Å². The molecule has 4 aliphatic rings.